The third kappa shape index (κ3) is 5.17. The number of pyridine rings is 1. The zero-order valence-electron chi connectivity index (χ0n) is 15.8. The summed E-state index contributed by atoms with van der Waals surface area (Å²) < 4.78 is 6.23. The Bertz CT molecular complexity index is 588. The van der Waals surface area contributed by atoms with E-state index in [4.69, 9.17) is 4.43 Å². The average molecular weight is 342 g/mol. The molecule has 0 unspecified atom stereocenters. The second kappa shape index (κ2) is 8.16. The first-order chi connectivity index (χ1) is 10.6. The van der Waals surface area contributed by atoms with Gasteiger partial charge in [-0.2, -0.15) is 0 Å². The molecule has 1 aliphatic rings. The van der Waals surface area contributed by atoms with Gasteiger partial charge < -0.3 is 14.3 Å². The molecule has 0 N–H and O–H groups in total. The SMILES string of the molecule is CC(C)(C)[Si](C)(C)OCCN1CCc2cc(C(=O)[O-])ncc2C1.[Li+]. The van der Waals surface area contributed by atoms with Crippen molar-refractivity contribution in [1.29, 1.82) is 0 Å². The fraction of sp³-hybridized carbons (Fsp3) is 0.647. The normalized spacial score (nSPS) is 15.5. The second-order valence-corrected chi connectivity index (χ2v) is 12.6. The van der Waals surface area contributed by atoms with E-state index in [1.54, 1.807) is 12.3 Å². The molecule has 5 nitrogen and oxygen atoms in total. The third-order valence-corrected chi connectivity index (χ3v) is 9.60. The van der Waals surface area contributed by atoms with Crippen LogP contribution in [0.3, 0.4) is 0 Å². The van der Waals surface area contributed by atoms with Crippen LogP contribution >= 0.6 is 0 Å². The molecule has 0 amide bonds. The molecule has 2 rings (SSSR count). The van der Waals surface area contributed by atoms with Crippen LogP contribution < -0.4 is 24.0 Å². The van der Waals surface area contributed by atoms with Crippen molar-refractivity contribution in [2.45, 2.75) is 51.9 Å². The van der Waals surface area contributed by atoms with E-state index in [9.17, 15) is 9.90 Å². The van der Waals surface area contributed by atoms with Crippen LogP contribution in [-0.4, -0.2) is 43.9 Å². The van der Waals surface area contributed by atoms with E-state index < -0.39 is 14.3 Å². The van der Waals surface area contributed by atoms with Crippen molar-refractivity contribution in [3.63, 3.8) is 0 Å². The number of aromatic nitrogens is 1. The van der Waals surface area contributed by atoms with Crippen LogP contribution in [0.2, 0.25) is 18.1 Å². The van der Waals surface area contributed by atoms with Gasteiger partial charge >= 0.3 is 18.9 Å². The Labute approximate surface area is 158 Å². The number of carbonyl (C=O) groups excluding carboxylic acids is 1. The standard InChI is InChI=1S/C17H28N2O3Si.Li/c1-17(2,3)23(4,5)22-9-8-19-7-6-13-10-15(16(20)21)18-11-14(13)12-19;/h10-11H,6-9,12H2,1-5H3,(H,20,21);/q;+1/p-1. The average Bonchev–Trinajstić information content (AvgIpc) is 2.45. The summed E-state index contributed by atoms with van der Waals surface area (Å²) in [6, 6.07) is 1.65. The Morgan fingerprint density at radius 1 is 1.38 bits per heavy atom. The molecule has 0 saturated carbocycles. The summed E-state index contributed by atoms with van der Waals surface area (Å²) in [7, 11) is -1.69. The van der Waals surface area contributed by atoms with Crippen molar-refractivity contribution in [2.24, 2.45) is 0 Å². The molecule has 128 valence electrons. The number of carboxylic acid groups (broad SMARTS) is 1. The van der Waals surface area contributed by atoms with E-state index in [-0.39, 0.29) is 29.6 Å². The summed E-state index contributed by atoms with van der Waals surface area (Å²) in [5.74, 6) is -1.21. The van der Waals surface area contributed by atoms with E-state index in [1.165, 1.54) is 0 Å². The largest absolute Gasteiger partial charge is 1.00 e. The van der Waals surface area contributed by atoms with Gasteiger partial charge in [-0.3, -0.25) is 9.88 Å². The van der Waals surface area contributed by atoms with E-state index in [1.807, 2.05) is 0 Å². The molecule has 0 aromatic carbocycles. The molecule has 24 heavy (non-hydrogen) atoms. The zero-order valence-corrected chi connectivity index (χ0v) is 16.8. The van der Waals surface area contributed by atoms with Crippen LogP contribution in [-0.2, 0) is 17.4 Å². The molecule has 7 heteroatoms. The number of carbonyl (C=O) groups is 1. The Morgan fingerprint density at radius 2 is 2.04 bits per heavy atom. The maximum absolute atomic E-state index is 10.9. The number of aromatic carboxylic acids is 1. The van der Waals surface area contributed by atoms with Crippen molar-refractivity contribution in [2.75, 3.05) is 19.7 Å². The van der Waals surface area contributed by atoms with Crippen LogP contribution in [0.5, 0.6) is 0 Å². The van der Waals surface area contributed by atoms with E-state index in [2.05, 4.69) is 43.7 Å². The molecule has 0 aliphatic carbocycles. The smallest absolute Gasteiger partial charge is 0.543 e. The molecule has 2 heterocycles. The van der Waals surface area contributed by atoms with Crippen LogP contribution in [0.4, 0.5) is 0 Å². The van der Waals surface area contributed by atoms with Crippen molar-refractivity contribution in [1.82, 2.24) is 9.88 Å². The van der Waals surface area contributed by atoms with E-state index >= 15 is 0 Å². The van der Waals surface area contributed by atoms with E-state index in [0.717, 1.165) is 43.8 Å². The van der Waals surface area contributed by atoms with Gasteiger partial charge in [0.05, 0.1) is 11.7 Å². The Morgan fingerprint density at radius 3 is 2.62 bits per heavy atom. The first-order valence-corrected chi connectivity index (χ1v) is 11.1. The predicted molar refractivity (Wildman–Crippen MR) is 90.7 cm³/mol. The molecule has 1 aliphatic heterocycles. The molecular formula is C17H27LiN2O3Si. The fourth-order valence-electron chi connectivity index (χ4n) is 2.45. The van der Waals surface area contributed by atoms with Gasteiger partial charge in [0, 0.05) is 32.4 Å². The molecule has 0 saturated heterocycles. The quantitative estimate of drug-likeness (QED) is 0.631. The first kappa shape index (κ1) is 21.4. The minimum atomic E-state index is -1.69. The van der Waals surface area contributed by atoms with Gasteiger partial charge in [0.1, 0.15) is 0 Å². The Hall–Kier alpha value is -0.646. The minimum Gasteiger partial charge on any atom is -0.543 e. The molecule has 0 fully saturated rings. The molecule has 0 radical (unpaired) electrons. The van der Waals surface area contributed by atoms with Gasteiger partial charge in [-0.15, -0.1) is 0 Å². The van der Waals surface area contributed by atoms with Crippen LogP contribution in [0.15, 0.2) is 12.3 Å². The number of nitrogens with zero attached hydrogens (tertiary/aromatic N) is 2. The maximum Gasteiger partial charge on any atom is 1.00 e. The topological polar surface area (TPSA) is 65.5 Å². The van der Waals surface area contributed by atoms with Gasteiger partial charge in [-0.05, 0) is 41.7 Å². The zero-order chi connectivity index (χ0) is 17.3. The van der Waals surface area contributed by atoms with Gasteiger partial charge in [0.15, 0.2) is 8.32 Å². The third-order valence-electron chi connectivity index (χ3n) is 5.06. The number of hydrogen-bond donors (Lipinski definition) is 0. The van der Waals surface area contributed by atoms with Crippen molar-refractivity contribution in [3.05, 3.63) is 29.1 Å². The molecule has 0 bridgehead atoms. The molecule has 0 spiro atoms. The molecule has 0 atom stereocenters. The summed E-state index contributed by atoms with van der Waals surface area (Å²) in [4.78, 5) is 17.2. The molecule has 1 aromatic heterocycles. The van der Waals surface area contributed by atoms with Gasteiger partial charge in [0.25, 0.3) is 0 Å². The minimum absolute atomic E-state index is 0. The summed E-state index contributed by atoms with van der Waals surface area (Å²) in [6.07, 6.45) is 2.51. The van der Waals surface area contributed by atoms with Gasteiger partial charge in [0.2, 0.25) is 0 Å². The first-order valence-electron chi connectivity index (χ1n) is 8.15. The molecule has 1 aromatic rings. The fourth-order valence-corrected chi connectivity index (χ4v) is 3.48. The second-order valence-electron chi connectivity index (χ2n) is 7.76. The van der Waals surface area contributed by atoms with Gasteiger partial charge in [-0.1, -0.05) is 20.8 Å². The van der Waals surface area contributed by atoms with Crippen molar-refractivity contribution >= 4 is 14.3 Å². The number of carboxylic acids is 1. The maximum atomic E-state index is 10.9. The monoisotopic (exact) mass is 342 g/mol. The number of fused-ring (bicyclic) bond motifs is 1. The summed E-state index contributed by atoms with van der Waals surface area (Å²) in [5, 5.41) is 11.1. The summed E-state index contributed by atoms with van der Waals surface area (Å²) >= 11 is 0. The Kier molecular flexibility index (Phi) is 7.27. The van der Waals surface area contributed by atoms with Crippen LogP contribution in [0, 0.1) is 0 Å². The summed E-state index contributed by atoms with van der Waals surface area (Å²) in [5.41, 5.74) is 2.20. The van der Waals surface area contributed by atoms with Crippen LogP contribution in [0.25, 0.3) is 0 Å². The van der Waals surface area contributed by atoms with Crippen LogP contribution in [0.1, 0.15) is 42.4 Å². The van der Waals surface area contributed by atoms with E-state index in [0.29, 0.717) is 0 Å². The predicted octanol–water partition coefficient (Wildman–Crippen LogP) is -1.17. The van der Waals surface area contributed by atoms with Gasteiger partial charge in [-0.25, -0.2) is 0 Å². The Balaban J connectivity index is 0.00000288. The van der Waals surface area contributed by atoms with Crippen molar-refractivity contribution < 1.29 is 33.2 Å². The van der Waals surface area contributed by atoms with Crippen molar-refractivity contribution in [3.8, 4) is 0 Å². The summed E-state index contributed by atoms with van der Waals surface area (Å²) in [6.45, 7) is 14.6. The molecular weight excluding hydrogens is 315 g/mol. The number of rotatable bonds is 5. The number of hydrogen-bond acceptors (Lipinski definition) is 5.